The molecule has 3 N–H and O–H groups in total. The number of urea groups is 1. The number of aromatic nitrogens is 3. The molecule has 170 valence electrons. The van der Waals surface area contributed by atoms with Crippen molar-refractivity contribution in [2.75, 3.05) is 41.8 Å². The number of carbonyl (C=O) groups excluding carboxylic acids is 1. The first-order valence-corrected chi connectivity index (χ1v) is 10.6. The zero-order valence-electron chi connectivity index (χ0n) is 18.1. The fraction of sp³-hybridized carbons (Fsp3) is 0.261. The van der Waals surface area contributed by atoms with Gasteiger partial charge in [0, 0.05) is 36.4 Å². The summed E-state index contributed by atoms with van der Waals surface area (Å²) in [5.74, 6) is 0.929. The number of morpholine rings is 1. The van der Waals surface area contributed by atoms with Crippen molar-refractivity contribution in [1.82, 2.24) is 15.0 Å². The molecule has 0 bridgehead atoms. The Labute approximate surface area is 190 Å². The fourth-order valence-electron chi connectivity index (χ4n) is 3.29. The van der Waals surface area contributed by atoms with E-state index in [0.717, 1.165) is 24.5 Å². The van der Waals surface area contributed by atoms with Crippen LogP contribution in [-0.2, 0) is 11.2 Å². The van der Waals surface area contributed by atoms with Gasteiger partial charge in [-0.15, -0.1) is 0 Å². The monoisotopic (exact) mass is 448 g/mol. The van der Waals surface area contributed by atoms with Crippen LogP contribution in [0.4, 0.5) is 22.1 Å². The van der Waals surface area contributed by atoms with E-state index in [0.29, 0.717) is 42.8 Å². The molecule has 2 amide bonds. The predicted octanol–water partition coefficient (Wildman–Crippen LogP) is 3.28. The van der Waals surface area contributed by atoms with Gasteiger partial charge in [0.15, 0.2) is 5.82 Å². The van der Waals surface area contributed by atoms with Crippen LogP contribution in [0.15, 0.2) is 48.5 Å². The summed E-state index contributed by atoms with van der Waals surface area (Å²) in [6.07, 6.45) is 0.695. The summed E-state index contributed by atoms with van der Waals surface area (Å²) in [4.78, 5) is 39.1. The van der Waals surface area contributed by atoms with E-state index in [9.17, 15) is 9.59 Å². The number of nitrogens with zero attached hydrogens (tertiary/aromatic N) is 4. The summed E-state index contributed by atoms with van der Waals surface area (Å²) in [5.41, 5.74) is 2.05. The Hall–Kier alpha value is -4.05. The lowest BCUT2D eigenvalue weighted by atomic mass is 10.2. The second-order valence-corrected chi connectivity index (χ2v) is 7.37. The van der Waals surface area contributed by atoms with Gasteiger partial charge >= 0.3 is 12.0 Å². The van der Waals surface area contributed by atoms with E-state index in [4.69, 9.17) is 9.84 Å². The SMILES string of the molecule is CCc1nc(-c2ccc(NC(=O)Nc3ccc(C(=O)O)cc3)cc2)nc(N2CCOCC2)n1. The lowest BCUT2D eigenvalue weighted by Crippen LogP contribution is -2.37. The third-order valence-electron chi connectivity index (χ3n) is 5.07. The van der Waals surface area contributed by atoms with Crippen LogP contribution in [0, 0.1) is 0 Å². The Morgan fingerprint density at radius 1 is 0.939 bits per heavy atom. The topological polar surface area (TPSA) is 130 Å². The van der Waals surface area contributed by atoms with Crippen molar-refractivity contribution < 1.29 is 19.4 Å². The first kappa shape index (κ1) is 22.2. The highest BCUT2D eigenvalue weighted by Crippen LogP contribution is 2.21. The maximum Gasteiger partial charge on any atom is 0.335 e. The quantitative estimate of drug-likeness (QED) is 0.524. The minimum Gasteiger partial charge on any atom is -0.478 e. The lowest BCUT2D eigenvalue weighted by molar-refractivity contribution is 0.0697. The summed E-state index contributed by atoms with van der Waals surface area (Å²) in [5, 5.41) is 14.4. The molecule has 1 aliphatic heterocycles. The van der Waals surface area contributed by atoms with Gasteiger partial charge in [0.2, 0.25) is 5.95 Å². The molecule has 0 aliphatic carbocycles. The van der Waals surface area contributed by atoms with Crippen LogP contribution in [0.3, 0.4) is 0 Å². The van der Waals surface area contributed by atoms with E-state index >= 15 is 0 Å². The number of carbonyl (C=O) groups is 2. The number of nitrogens with one attached hydrogen (secondary N) is 2. The smallest absolute Gasteiger partial charge is 0.335 e. The third kappa shape index (κ3) is 5.60. The molecule has 0 atom stereocenters. The number of ether oxygens (including phenoxy) is 1. The fourth-order valence-corrected chi connectivity index (χ4v) is 3.29. The number of aromatic carboxylic acids is 1. The minimum absolute atomic E-state index is 0.151. The molecular formula is C23H24N6O4. The van der Waals surface area contributed by atoms with Gasteiger partial charge in [0.25, 0.3) is 0 Å². The first-order valence-electron chi connectivity index (χ1n) is 10.6. The Bertz CT molecular complexity index is 1130. The molecule has 1 saturated heterocycles. The summed E-state index contributed by atoms with van der Waals surface area (Å²) in [7, 11) is 0. The number of rotatable bonds is 6. The van der Waals surface area contributed by atoms with Gasteiger partial charge in [0.05, 0.1) is 18.8 Å². The normalized spacial score (nSPS) is 13.4. The van der Waals surface area contributed by atoms with Crippen LogP contribution in [0.5, 0.6) is 0 Å². The van der Waals surface area contributed by atoms with Gasteiger partial charge in [-0.1, -0.05) is 6.92 Å². The maximum atomic E-state index is 12.3. The summed E-state index contributed by atoms with van der Waals surface area (Å²) in [6.45, 7) is 4.78. The van der Waals surface area contributed by atoms with Crippen molar-refractivity contribution in [2.45, 2.75) is 13.3 Å². The van der Waals surface area contributed by atoms with Gasteiger partial charge in [-0.05, 0) is 48.5 Å². The summed E-state index contributed by atoms with van der Waals surface area (Å²) in [6, 6.07) is 12.7. The third-order valence-corrected chi connectivity index (χ3v) is 5.07. The molecule has 4 rings (SSSR count). The Balaban J connectivity index is 1.44. The Morgan fingerprint density at radius 3 is 2.12 bits per heavy atom. The maximum absolute atomic E-state index is 12.3. The van der Waals surface area contributed by atoms with Crippen molar-refractivity contribution in [3.8, 4) is 11.4 Å². The van der Waals surface area contributed by atoms with Gasteiger partial charge in [0.1, 0.15) is 5.82 Å². The average Bonchev–Trinajstić information content (AvgIpc) is 2.85. The molecule has 1 aliphatic rings. The highest BCUT2D eigenvalue weighted by Gasteiger charge is 2.17. The number of anilines is 3. The molecule has 1 aromatic heterocycles. The molecule has 1 fully saturated rings. The second kappa shape index (κ2) is 10.0. The molecule has 0 radical (unpaired) electrons. The van der Waals surface area contributed by atoms with E-state index in [-0.39, 0.29) is 5.56 Å². The standard InChI is InChI=1S/C23H24N6O4/c1-2-19-26-20(28-22(27-19)29-11-13-33-14-12-29)15-3-7-17(8-4-15)24-23(32)25-18-9-5-16(6-10-18)21(30)31/h3-10H,2,11-14H2,1H3,(H,30,31)(H2,24,25,32). The molecular weight excluding hydrogens is 424 g/mol. The van der Waals surface area contributed by atoms with Crippen LogP contribution in [0.25, 0.3) is 11.4 Å². The molecule has 3 aromatic rings. The van der Waals surface area contributed by atoms with Crippen molar-refractivity contribution >= 4 is 29.3 Å². The highest BCUT2D eigenvalue weighted by molar-refractivity contribution is 6.00. The Kier molecular flexibility index (Phi) is 6.75. The van der Waals surface area contributed by atoms with E-state index in [1.54, 1.807) is 12.1 Å². The van der Waals surface area contributed by atoms with Crippen LogP contribution >= 0.6 is 0 Å². The number of benzene rings is 2. The zero-order valence-corrected chi connectivity index (χ0v) is 18.1. The van der Waals surface area contributed by atoms with Crippen molar-refractivity contribution in [3.05, 3.63) is 59.9 Å². The van der Waals surface area contributed by atoms with Crippen LogP contribution < -0.4 is 15.5 Å². The molecule has 33 heavy (non-hydrogen) atoms. The summed E-state index contributed by atoms with van der Waals surface area (Å²) >= 11 is 0. The zero-order chi connectivity index (χ0) is 23.2. The predicted molar refractivity (Wildman–Crippen MR) is 124 cm³/mol. The number of amides is 2. The van der Waals surface area contributed by atoms with Crippen LogP contribution in [0.1, 0.15) is 23.1 Å². The second-order valence-electron chi connectivity index (χ2n) is 7.37. The molecule has 10 nitrogen and oxygen atoms in total. The highest BCUT2D eigenvalue weighted by atomic mass is 16.5. The molecule has 0 spiro atoms. The minimum atomic E-state index is -1.02. The molecule has 0 saturated carbocycles. The number of carboxylic acid groups (broad SMARTS) is 1. The number of hydrogen-bond acceptors (Lipinski definition) is 7. The molecule has 0 unspecified atom stereocenters. The van der Waals surface area contributed by atoms with E-state index in [1.165, 1.54) is 24.3 Å². The lowest BCUT2D eigenvalue weighted by Gasteiger charge is -2.27. The van der Waals surface area contributed by atoms with E-state index in [1.807, 2.05) is 19.1 Å². The van der Waals surface area contributed by atoms with Crippen LogP contribution in [0.2, 0.25) is 0 Å². The molecule has 10 heteroatoms. The largest absolute Gasteiger partial charge is 0.478 e. The van der Waals surface area contributed by atoms with Gasteiger partial charge in [-0.2, -0.15) is 9.97 Å². The summed E-state index contributed by atoms with van der Waals surface area (Å²) < 4.78 is 5.41. The van der Waals surface area contributed by atoms with Gasteiger partial charge < -0.3 is 25.4 Å². The number of hydrogen-bond donors (Lipinski definition) is 3. The van der Waals surface area contributed by atoms with Crippen molar-refractivity contribution in [2.24, 2.45) is 0 Å². The van der Waals surface area contributed by atoms with Gasteiger partial charge in [-0.25, -0.2) is 14.6 Å². The van der Waals surface area contributed by atoms with Crippen LogP contribution in [-0.4, -0.2) is 58.4 Å². The molecule has 2 aromatic carbocycles. The first-order chi connectivity index (χ1) is 16.0. The van der Waals surface area contributed by atoms with Crippen molar-refractivity contribution in [1.29, 1.82) is 0 Å². The average molecular weight is 448 g/mol. The van der Waals surface area contributed by atoms with Gasteiger partial charge in [-0.3, -0.25) is 0 Å². The molecule has 2 heterocycles. The van der Waals surface area contributed by atoms with E-state index in [2.05, 4.69) is 30.5 Å². The number of aryl methyl sites for hydroxylation is 1. The van der Waals surface area contributed by atoms with Crippen molar-refractivity contribution in [3.63, 3.8) is 0 Å². The van der Waals surface area contributed by atoms with E-state index < -0.39 is 12.0 Å². The number of carboxylic acids is 1. The Morgan fingerprint density at radius 2 is 1.55 bits per heavy atom.